The van der Waals surface area contributed by atoms with E-state index in [1.54, 1.807) is 0 Å². The Labute approximate surface area is 107 Å². The SMILES string of the molecule is CCC1CCN(C(C)CC2CCC2)C(CN)C1. The fourth-order valence-electron chi connectivity index (χ4n) is 3.68. The first-order valence-corrected chi connectivity index (χ1v) is 7.70. The fraction of sp³-hybridized carbons (Fsp3) is 1.00. The molecule has 2 N–H and O–H groups in total. The summed E-state index contributed by atoms with van der Waals surface area (Å²) in [6.45, 7) is 6.89. The number of nitrogens with zero attached hydrogens (tertiary/aromatic N) is 1. The van der Waals surface area contributed by atoms with Gasteiger partial charge >= 0.3 is 0 Å². The Hall–Kier alpha value is -0.0800. The molecular weight excluding hydrogens is 208 g/mol. The number of likely N-dealkylation sites (tertiary alicyclic amines) is 1. The highest BCUT2D eigenvalue weighted by atomic mass is 15.2. The average molecular weight is 238 g/mol. The summed E-state index contributed by atoms with van der Waals surface area (Å²) in [7, 11) is 0. The van der Waals surface area contributed by atoms with Crippen molar-refractivity contribution < 1.29 is 0 Å². The van der Waals surface area contributed by atoms with Crippen molar-refractivity contribution in [1.29, 1.82) is 0 Å². The van der Waals surface area contributed by atoms with Crippen molar-refractivity contribution in [3.63, 3.8) is 0 Å². The molecule has 100 valence electrons. The van der Waals surface area contributed by atoms with Crippen LogP contribution in [0, 0.1) is 11.8 Å². The van der Waals surface area contributed by atoms with Gasteiger partial charge in [0.15, 0.2) is 0 Å². The molecule has 0 aromatic carbocycles. The first kappa shape index (κ1) is 13.4. The molecule has 2 rings (SSSR count). The number of nitrogens with two attached hydrogens (primary N) is 1. The van der Waals surface area contributed by atoms with E-state index in [2.05, 4.69) is 18.7 Å². The van der Waals surface area contributed by atoms with Gasteiger partial charge in [-0.25, -0.2) is 0 Å². The van der Waals surface area contributed by atoms with Crippen molar-refractivity contribution in [2.24, 2.45) is 17.6 Å². The zero-order valence-corrected chi connectivity index (χ0v) is 11.7. The predicted molar refractivity (Wildman–Crippen MR) is 74.0 cm³/mol. The van der Waals surface area contributed by atoms with Gasteiger partial charge in [-0.15, -0.1) is 0 Å². The van der Waals surface area contributed by atoms with Crippen LogP contribution in [0.15, 0.2) is 0 Å². The van der Waals surface area contributed by atoms with E-state index < -0.39 is 0 Å². The van der Waals surface area contributed by atoms with Gasteiger partial charge < -0.3 is 5.73 Å². The van der Waals surface area contributed by atoms with Crippen LogP contribution in [0.2, 0.25) is 0 Å². The second-order valence-electron chi connectivity index (χ2n) is 6.31. The van der Waals surface area contributed by atoms with Crippen LogP contribution in [-0.4, -0.2) is 30.1 Å². The third kappa shape index (κ3) is 3.23. The van der Waals surface area contributed by atoms with Crippen LogP contribution in [0.5, 0.6) is 0 Å². The minimum Gasteiger partial charge on any atom is -0.329 e. The topological polar surface area (TPSA) is 29.3 Å². The van der Waals surface area contributed by atoms with Gasteiger partial charge in [0.05, 0.1) is 0 Å². The molecule has 0 bridgehead atoms. The molecule has 17 heavy (non-hydrogen) atoms. The van der Waals surface area contributed by atoms with Crippen LogP contribution >= 0.6 is 0 Å². The Kier molecular flexibility index (Phi) is 4.87. The second-order valence-corrected chi connectivity index (χ2v) is 6.31. The van der Waals surface area contributed by atoms with Crippen molar-refractivity contribution in [3.05, 3.63) is 0 Å². The summed E-state index contributed by atoms with van der Waals surface area (Å²) in [4.78, 5) is 2.71. The van der Waals surface area contributed by atoms with Gasteiger partial charge in [-0.05, 0) is 44.6 Å². The van der Waals surface area contributed by atoms with E-state index in [1.165, 1.54) is 51.5 Å². The molecule has 3 unspecified atom stereocenters. The molecule has 3 atom stereocenters. The molecule has 2 aliphatic rings. The van der Waals surface area contributed by atoms with Crippen LogP contribution in [0.1, 0.15) is 58.8 Å². The summed E-state index contributed by atoms with van der Waals surface area (Å²) in [5.41, 5.74) is 5.98. The highest BCUT2D eigenvalue weighted by Gasteiger charge is 2.31. The lowest BCUT2D eigenvalue weighted by Gasteiger charge is -2.44. The maximum atomic E-state index is 5.98. The summed E-state index contributed by atoms with van der Waals surface area (Å²) < 4.78 is 0. The highest BCUT2D eigenvalue weighted by Crippen LogP contribution is 2.34. The monoisotopic (exact) mass is 238 g/mol. The highest BCUT2D eigenvalue weighted by molar-refractivity contribution is 4.86. The minimum atomic E-state index is 0.656. The summed E-state index contributed by atoms with van der Waals surface area (Å²) in [6, 6.07) is 1.41. The Morgan fingerprint density at radius 2 is 2.00 bits per heavy atom. The molecule has 2 nitrogen and oxygen atoms in total. The van der Waals surface area contributed by atoms with Crippen molar-refractivity contribution in [3.8, 4) is 0 Å². The molecule has 1 heterocycles. The van der Waals surface area contributed by atoms with Crippen molar-refractivity contribution in [2.45, 2.75) is 70.9 Å². The molecule has 2 fully saturated rings. The van der Waals surface area contributed by atoms with Crippen molar-refractivity contribution >= 4 is 0 Å². The van der Waals surface area contributed by atoms with Gasteiger partial charge in [0.1, 0.15) is 0 Å². The quantitative estimate of drug-likeness (QED) is 0.798. The largest absolute Gasteiger partial charge is 0.329 e. The van der Waals surface area contributed by atoms with Gasteiger partial charge in [0.25, 0.3) is 0 Å². The van der Waals surface area contributed by atoms with E-state index in [9.17, 15) is 0 Å². The summed E-state index contributed by atoms with van der Waals surface area (Å²) in [6.07, 6.45) is 9.89. The number of hydrogen-bond acceptors (Lipinski definition) is 2. The molecule has 1 saturated carbocycles. The smallest absolute Gasteiger partial charge is 0.0223 e. The Bertz CT molecular complexity index is 225. The van der Waals surface area contributed by atoms with Crippen LogP contribution in [-0.2, 0) is 0 Å². The third-order valence-corrected chi connectivity index (χ3v) is 5.18. The maximum absolute atomic E-state index is 5.98. The van der Waals surface area contributed by atoms with Crippen molar-refractivity contribution in [1.82, 2.24) is 4.90 Å². The Morgan fingerprint density at radius 3 is 2.53 bits per heavy atom. The Morgan fingerprint density at radius 1 is 1.24 bits per heavy atom. The number of rotatable bonds is 5. The fourth-order valence-corrected chi connectivity index (χ4v) is 3.68. The van der Waals surface area contributed by atoms with Crippen LogP contribution < -0.4 is 5.73 Å². The minimum absolute atomic E-state index is 0.656. The normalized spacial score (nSPS) is 33.4. The predicted octanol–water partition coefficient (Wildman–Crippen LogP) is 3.01. The van der Waals surface area contributed by atoms with Gasteiger partial charge in [-0.1, -0.05) is 32.6 Å². The molecule has 0 spiro atoms. The van der Waals surface area contributed by atoms with E-state index >= 15 is 0 Å². The second kappa shape index (κ2) is 6.19. The lowest BCUT2D eigenvalue weighted by atomic mass is 9.80. The molecule has 0 radical (unpaired) electrons. The molecule has 0 amide bonds. The average Bonchev–Trinajstić information content (AvgIpc) is 2.32. The molecule has 0 aromatic rings. The molecule has 1 saturated heterocycles. The van der Waals surface area contributed by atoms with E-state index in [0.29, 0.717) is 6.04 Å². The molecular formula is C15H30N2. The summed E-state index contributed by atoms with van der Waals surface area (Å²) in [5, 5.41) is 0. The number of hydrogen-bond donors (Lipinski definition) is 1. The van der Waals surface area contributed by atoms with E-state index in [-0.39, 0.29) is 0 Å². The van der Waals surface area contributed by atoms with Gasteiger partial charge in [-0.2, -0.15) is 0 Å². The van der Waals surface area contributed by atoms with Crippen LogP contribution in [0.4, 0.5) is 0 Å². The van der Waals surface area contributed by atoms with Gasteiger partial charge in [-0.3, -0.25) is 4.90 Å². The summed E-state index contributed by atoms with van der Waals surface area (Å²) in [5.74, 6) is 1.95. The van der Waals surface area contributed by atoms with Gasteiger partial charge in [0, 0.05) is 18.6 Å². The third-order valence-electron chi connectivity index (χ3n) is 5.18. The van der Waals surface area contributed by atoms with Crippen LogP contribution in [0.25, 0.3) is 0 Å². The molecule has 2 heteroatoms. The van der Waals surface area contributed by atoms with E-state index in [1.807, 2.05) is 0 Å². The molecule has 1 aliphatic carbocycles. The Balaban J connectivity index is 1.84. The number of piperidine rings is 1. The van der Waals surface area contributed by atoms with E-state index in [0.717, 1.165) is 24.4 Å². The van der Waals surface area contributed by atoms with Crippen LogP contribution in [0.3, 0.4) is 0 Å². The molecule has 1 aliphatic heterocycles. The van der Waals surface area contributed by atoms with Crippen molar-refractivity contribution in [2.75, 3.05) is 13.1 Å². The lowest BCUT2D eigenvalue weighted by molar-refractivity contribution is 0.0588. The van der Waals surface area contributed by atoms with Gasteiger partial charge in [0.2, 0.25) is 0 Å². The molecule has 0 aromatic heterocycles. The zero-order valence-electron chi connectivity index (χ0n) is 11.7. The van der Waals surface area contributed by atoms with E-state index in [4.69, 9.17) is 5.73 Å². The first-order valence-electron chi connectivity index (χ1n) is 7.70. The summed E-state index contributed by atoms with van der Waals surface area (Å²) >= 11 is 0. The maximum Gasteiger partial charge on any atom is 0.0223 e. The standard InChI is InChI=1S/C15H30N2/c1-3-13-7-8-17(15(10-13)11-16)12(2)9-14-5-4-6-14/h12-15H,3-11,16H2,1-2H3. The zero-order chi connectivity index (χ0) is 12.3. The lowest BCUT2D eigenvalue weighted by Crippen LogP contribution is -2.51. The first-order chi connectivity index (χ1) is 8.24.